The molecule has 4 rings (SSSR count). The molecular formula is C36H38Br8S3. The third-order valence-electron chi connectivity index (χ3n) is 8.46. The van der Waals surface area contributed by atoms with Crippen LogP contribution in [0.2, 0.25) is 0 Å². The van der Waals surface area contributed by atoms with E-state index in [1.165, 1.54) is 54.3 Å². The predicted molar refractivity (Wildman–Crippen MR) is 244 cm³/mol. The highest BCUT2D eigenvalue weighted by Crippen LogP contribution is 2.52. The SMILES string of the molecule is BrCCSC1(c2ccc(Sc3ccc(C4(SCCBr)C=CC=C(CBr)C4)c(CBr)c3CCBr)c(CCBr)c2CBr)C=CC=C(CBr)C1. The Morgan fingerprint density at radius 3 is 1.28 bits per heavy atom. The first kappa shape index (κ1) is 42.0. The van der Waals surface area contributed by atoms with E-state index in [2.05, 4.69) is 212 Å². The molecule has 0 radical (unpaired) electrons. The smallest absolute Gasteiger partial charge is 0.0631 e. The Balaban J connectivity index is 1.84. The zero-order chi connectivity index (χ0) is 33.9. The normalized spacial score (nSPS) is 20.9. The van der Waals surface area contributed by atoms with Gasteiger partial charge in [0.15, 0.2) is 0 Å². The van der Waals surface area contributed by atoms with Crippen LogP contribution in [0, 0.1) is 0 Å². The highest BCUT2D eigenvalue weighted by atomic mass is 79.9. The highest BCUT2D eigenvalue weighted by Gasteiger charge is 2.37. The zero-order valence-electron chi connectivity index (χ0n) is 25.9. The lowest BCUT2D eigenvalue weighted by Gasteiger charge is -2.37. The maximum atomic E-state index is 3.97. The van der Waals surface area contributed by atoms with E-state index >= 15 is 0 Å². The minimum Gasteiger partial charge on any atom is -0.145 e. The van der Waals surface area contributed by atoms with E-state index in [0.29, 0.717) is 0 Å². The summed E-state index contributed by atoms with van der Waals surface area (Å²) in [5.74, 6) is 2.11. The number of thioether (sulfide) groups is 2. The van der Waals surface area contributed by atoms with Crippen molar-refractivity contribution in [3.8, 4) is 0 Å². The van der Waals surface area contributed by atoms with Gasteiger partial charge in [-0.05, 0) is 71.2 Å². The minimum atomic E-state index is -0.0814. The number of benzene rings is 2. The Labute approximate surface area is 362 Å². The molecule has 0 heterocycles. The van der Waals surface area contributed by atoms with Crippen LogP contribution in [0.3, 0.4) is 0 Å². The fourth-order valence-electron chi connectivity index (χ4n) is 6.43. The Morgan fingerprint density at radius 1 is 0.511 bits per heavy atom. The van der Waals surface area contributed by atoms with E-state index in [9.17, 15) is 0 Å². The van der Waals surface area contributed by atoms with Gasteiger partial charge in [0.25, 0.3) is 0 Å². The van der Waals surface area contributed by atoms with Crippen molar-refractivity contribution in [2.45, 2.75) is 55.6 Å². The molecule has 0 saturated carbocycles. The summed E-state index contributed by atoms with van der Waals surface area (Å²) in [6, 6.07) is 9.67. The van der Waals surface area contributed by atoms with Gasteiger partial charge in [0.1, 0.15) is 0 Å². The summed E-state index contributed by atoms with van der Waals surface area (Å²) in [4.78, 5) is 2.71. The molecule has 0 bridgehead atoms. The van der Waals surface area contributed by atoms with E-state index in [1.54, 1.807) is 0 Å². The molecule has 47 heavy (non-hydrogen) atoms. The summed E-state index contributed by atoms with van der Waals surface area (Å²) in [6.07, 6.45) is 18.0. The van der Waals surface area contributed by atoms with Crippen LogP contribution in [0.4, 0.5) is 0 Å². The first-order valence-electron chi connectivity index (χ1n) is 15.4. The van der Waals surface area contributed by atoms with Gasteiger partial charge < -0.3 is 0 Å². The molecule has 0 nitrogen and oxygen atoms in total. The highest BCUT2D eigenvalue weighted by molar-refractivity contribution is 9.10. The van der Waals surface area contributed by atoms with Crippen LogP contribution in [0.15, 0.2) is 81.7 Å². The molecule has 256 valence electrons. The van der Waals surface area contributed by atoms with Crippen molar-refractivity contribution in [1.82, 2.24) is 0 Å². The lowest BCUT2D eigenvalue weighted by molar-refractivity contribution is 0.737. The van der Waals surface area contributed by atoms with Gasteiger partial charge in [0, 0.05) is 63.9 Å². The summed E-state index contributed by atoms with van der Waals surface area (Å²) < 4.78 is -0.163. The fraction of sp³-hybridized carbons (Fsp3) is 0.444. The predicted octanol–water partition coefficient (Wildman–Crippen LogP) is 14.7. The van der Waals surface area contributed by atoms with Crippen molar-refractivity contribution in [3.05, 3.63) is 105 Å². The molecule has 2 aliphatic rings. The number of rotatable bonds is 18. The van der Waals surface area contributed by atoms with Crippen molar-refractivity contribution in [2.75, 3.05) is 43.5 Å². The van der Waals surface area contributed by atoms with E-state index in [1.807, 2.05) is 11.8 Å². The average molecular weight is 1210 g/mol. The molecule has 0 aliphatic heterocycles. The second-order valence-corrected chi connectivity index (χ2v) is 20.6. The summed E-state index contributed by atoms with van der Waals surface area (Å²) >= 11 is 36.6. The molecule has 0 N–H and O–H groups in total. The molecule has 2 aromatic carbocycles. The molecule has 2 atom stereocenters. The monoisotopic (exact) mass is 1200 g/mol. The average Bonchev–Trinajstić information content (AvgIpc) is 3.11. The van der Waals surface area contributed by atoms with Gasteiger partial charge in [0.05, 0.1) is 9.49 Å². The molecule has 2 unspecified atom stereocenters. The minimum absolute atomic E-state index is 0.0814. The van der Waals surface area contributed by atoms with Crippen LogP contribution in [0.25, 0.3) is 0 Å². The van der Waals surface area contributed by atoms with Crippen molar-refractivity contribution in [1.29, 1.82) is 0 Å². The van der Waals surface area contributed by atoms with Crippen LogP contribution in [-0.2, 0) is 33.0 Å². The Kier molecular flexibility index (Phi) is 19.0. The van der Waals surface area contributed by atoms with Gasteiger partial charge >= 0.3 is 0 Å². The molecule has 0 fully saturated rings. The second-order valence-electron chi connectivity index (χ2n) is 11.2. The Hall–Kier alpha value is 2.29. The van der Waals surface area contributed by atoms with Crippen LogP contribution in [0.1, 0.15) is 46.2 Å². The number of allylic oxidation sites excluding steroid dienone is 6. The second kappa shape index (κ2) is 21.2. The number of hydrogen-bond acceptors (Lipinski definition) is 3. The summed E-state index contributed by atoms with van der Waals surface area (Å²) in [5.41, 5.74) is 11.5. The van der Waals surface area contributed by atoms with Gasteiger partial charge in [-0.2, -0.15) is 0 Å². The molecule has 0 spiro atoms. The summed E-state index contributed by atoms with van der Waals surface area (Å²) in [7, 11) is 0. The standard InChI is InChI=1S/C36H38Br8S3/c37-13-9-27-29(23-43)31(35(45-17-15-39)11-1-3-25(19-35)21-41)5-7-33(27)47-34-8-6-32(30(24-44)28(34)10-14-38)36(46-18-16-40)12-2-4-26(20-36)22-42/h1-8,11-12H,9-10,13-24H2. The van der Waals surface area contributed by atoms with Crippen LogP contribution in [-0.4, -0.2) is 43.5 Å². The first-order chi connectivity index (χ1) is 22.9. The molecule has 2 aliphatic carbocycles. The molecule has 2 aromatic rings. The van der Waals surface area contributed by atoms with Crippen molar-refractivity contribution < 1.29 is 0 Å². The van der Waals surface area contributed by atoms with E-state index in [4.69, 9.17) is 0 Å². The van der Waals surface area contributed by atoms with Gasteiger partial charge in [-0.15, -0.1) is 23.5 Å². The van der Waals surface area contributed by atoms with E-state index in [0.717, 1.165) is 79.8 Å². The number of hydrogen-bond donors (Lipinski definition) is 0. The fourth-order valence-corrected chi connectivity index (χ4v) is 13.9. The largest absolute Gasteiger partial charge is 0.145 e. The molecular weight excluding hydrogens is 1170 g/mol. The van der Waals surface area contributed by atoms with Crippen LogP contribution in [0.5, 0.6) is 0 Å². The maximum Gasteiger partial charge on any atom is 0.0631 e. The van der Waals surface area contributed by atoms with Gasteiger partial charge in [-0.25, -0.2) is 0 Å². The van der Waals surface area contributed by atoms with Crippen molar-refractivity contribution in [3.63, 3.8) is 0 Å². The summed E-state index contributed by atoms with van der Waals surface area (Å²) in [5, 5.41) is 7.29. The molecule has 0 amide bonds. The third-order valence-corrected chi connectivity index (χ3v) is 17.7. The quantitative estimate of drug-likeness (QED) is 0.137. The molecule has 11 heteroatoms. The lowest BCUT2D eigenvalue weighted by Crippen LogP contribution is -2.26. The van der Waals surface area contributed by atoms with Gasteiger partial charge in [-0.3, -0.25) is 0 Å². The van der Waals surface area contributed by atoms with Crippen molar-refractivity contribution in [2.24, 2.45) is 0 Å². The zero-order valence-corrected chi connectivity index (χ0v) is 41.1. The number of alkyl halides is 8. The molecule has 0 saturated heterocycles. The van der Waals surface area contributed by atoms with Gasteiger partial charge in [-0.1, -0.05) is 199 Å². The van der Waals surface area contributed by atoms with Crippen LogP contribution < -0.4 is 0 Å². The van der Waals surface area contributed by atoms with E-state index < -0.39 is 0 Å². The lowest BCUT2D eigenvalue weighted by atomic mass is 9.83. The summed E-state index contributed by atoms with van der Waals surface area (Å²) in [6.45, 7) is 0. The van der Waals surface area contributed by atoms with E-state index in [-0.39, 0.29) is 9.49 Å². The van der Waals surface area contributed by atoms with Crippen LogP contribution >= 0.6 is 163 Å². The third kappa shape index (κ3) is 10.3. The number of halogens is 8. The first-order valence-corrected chi connectivity index (χ1v) is 27.1. The van der Waals surface area contributed by atoms with Gasteiger partial charge in [0.2, 0.25) is 0 Å². The van der Waals surface area contributed by atoms with Crippen molar-refractivity contribution >= 4 is 163 Å². The Morgan fingerprint density at radius 2 is 0.936 bits per heavy atom. The topological polar surface area (TPSA) is 0 Å². The Bertz CT molecular complexity index is 1380. The maximum absolute atomic E-state index is 3.97. The molecule has 0 aromatic heterocycles.